The molecule has 0 aromatic carbocycles. The van der Waals surface area contributed by atoms with Crippen LogP contribution in [0.2, 0.25) is 0 Å². The standard InChI is InChI=1S/C25H44O8/c1-10-18(27-5)17(4)19-14-25(26,33-19)16(3)13-11-12-15(2)20-21(28-6)22(29-7)23(30-8)24(31-9)32-20/h11-13,16-24,26H,10,14H2,1-9H3/b13-11+,15-12+/t16-,17-,18+,19-,20+,21-,22+,23-,24+,25?/m1/s1. The van der Waals surface area contributed by atoms with E-state index in [1.54, 1.807) is 35.5 Å². The van der Waals surface area contributed by atoms with Gasteiger partial charge in [0.05, 0.1) is 12.2 Å². The maximum absolute atomic E-state index is 10.9. The van der Waals surface area contributed by atoms with Gasteiger partial charge in [0.25, 0.3) is 0 Å². The smallest absolute Gasteiger partial charge is 0.186 e. The third-order valence-electron chi connectivity index (χ3n) is 7.19. The first-order valence-corrected chi connectivity index (χ1v) is 11.8. The lowest BCUT2D eigenvalue weighted by Gasteiger charge is -2.50. The second-order valence-corrected chi connectivity index (χ2v) is 9.09. The van der Waals surface area contributed by atoms with Gasteiger partial charge in [-0.25, -0.2) is 0 Å². The van der Waals surface area contributed by atoms with Gasteiger partial charge in [-0.2, -0.15) is 0 Å². The molecule has 0 spiro atoms. The van der Waals surface area contributed by atoms with Crippen LogP contribution in [0.5, 0.6) is 0 Å². The summed E-state index contributed by atoms with van der Waals surface area (Å²) in [6, 6.07) is 0. The molecule has 2 fully saturated rings. The van der Waals surface area contributed by atoms with Gasteiger partial charge in [-0.15, -0.1) is 0 Å². The molecule has 8 nitrogen and oxygen atoms in total. The van der Waals surface area contributed by atoms with Crippen LogP contribution in [0.15, 0.2) is 23.8 Å². The van der Waals surface area contributed by atoms with Crippen LogP contribution in [0.3, 0.4) is 0 Å². The molecule has 0 aliphatic carbocycles. The van der Waals surface area contributed by atoms with Crippen LogP contribution in [0.4, 0.5) is 0 Å². The Morgan fingerprint density at radius 2 is 1.64 bits per heavy atom. The Morgan fingerprint density at radius 1 is 1.03 bits per heavy atom. The van der Waals surface area contributed by atoms with Gasteiger partial charge in [0.15, 0.2) is 12.1 Å². The summed E-state index contributed by atoms with van der Waals surface area (Å²) in [6.07, 6.45) is 5.39. The SMILES string of the molecule is CC[C@H](OC)[C@@H](C)[C@H]1CC(O)([C@H](C)/C=C/C=C(\C)[C@@H]2O[C@H](OC)[C@H](OC)[C@@H](OC)[C@@H]2OC)O1. The molecule has 2 heterocycles. The Hall–Kier alpha value is -0.840. The van der Waals surface area contributed by atoms with Gasteiger partial charge in [0, 0.05) is 53.8 Å². The van der Waals surface area contributed by atoms with E-state index < -0.39 is 18.2 Å². The predicted molar refractivity (Wildman–Crippen MR) is 125 cm³/mol. The highest BCUT2D eigenvalue weighted by molar-refractivity contribution is 5.19. The van der Waals surface area contributed by atoms with Crippen LogP contribution in [0.25, 0.3) is 0 Å². The van der Waals surface area contributed by atoms with Crippen molar-refractivity contribution in [1.29, 1.82) is 0 Å². The maximum atomic E-state index is 10.9. The number of methoxy groups -OCH3 is 5. The number of hydrogen-bond donors (Lipinski definition) is 1. The van der Waals surface area contributed by atoms with Crippen LogP contribution in [0, 0.1) is 11.8 Å². The molecule has 0 aromatic rings. The van der Waals surface area contributed by atoms with E-state index >= 15 is 0 Å². The van der Waals surface area contributed by atoms with Crippen molar-refractivity contribution in [3.05, 3.63) is 23.8 Å². The fraction of sp³-hybridized carbons (Fsp3) is 0.840. The van der Waals surface area contributed by atoms with Gasteiger partial charge < -0.3 is 38.3 Å². The lowest BCUT2D eigenvalue weighted by atomic mass is 9.81. The third kappa shape index (κ3) is 6.24. The van der Waals surface area contributed by atoms with E-state index in [1.165, 1.54) is 0 Å². The molecule has 0 radical (unpaired) electrons. The molecule has 2 aliphatic heterocycles. The normalized spacial score (nSPS) is 38.2. The molecular formula is C25H44O8. The molecule has 0 bridgehead atoms. The lowest BCUT2D eigenvalue weighted by Crippen LogP contribution is -2.60. The van der Waals surface area contributed by atoms with Crippen molar-refractivity contribution in [2.75, 3.05) is 35.5 Å². The Labute approximate surface area is 199 Å². The topological polar surface area (TPSA) is 84.8 Å². The van der Waals surface area contributed by atoms with Crippen LogP contribution in [-0.4, -0.2) is 89.4 Å². The van der Waals surface area contributed by atoms with Gasteiger partial charge in [0.1, 0.15) is 24.4 Å². The Balaban J connectivity index is 2.03. The summed E-state index contributed by atoms with van der Waals surface area (Å²) in [4.78, 5) is 0. The van der Waals surface area contributed by atoms with Crippen LogP contribution >= 0.6 is 0 Å². The summed E-state index contributed by atoms with van der Waals surface area (Å²) < 4.78 is 40.0. The minimum absolute atomic E-state index is 0.00295. The maximum Gasteiger partial charge on any atom is 0.186 e. The molecule has 10 atom stereocenters. The molecule has 0 aromatic heterocycles. The van der Waals surface area contributed by atoms with Crippen molar-refractivity contribution in [2.45, 2.75) is 89.2 Å². The molecule has 33 heavy (non-hydrogen) atoms. The van der Waals surface area contributed by atoms with Crippen LogP contribution < -0.4 is 0 Å². The van der Waals surface area contributed by atoms with Crippen molar-refractivity contribution >= 4 is 0 Å². The first-order chi connectivity index (χ1) is 15.7. The fourth-order valence-corrected chi connectivity index (χ4v) is 4.88. The Bertz CT molecular complexity index is 640. The molecular weight excluding hydrogens is 428 g/mol. The number of rotatable bonds is 12. The van der Waals surface area contributed by atoms with E-state index in [-0.39, 0.29) is 42.4 Å². The second kappa shape index (κ2) is 12.7. The van der Waals surface area contributed by atoms with Gasteiger partial charge >= 0.3 is 0 Å². The highest BCUT2D eigenvalue weighted by atomic mass is 16.7. The minimum atomic E-state index is -1.16. The number of allylic oxidation sites excluding steroid dienone is 2. The molecule has 2 aliphatic rings. The van der Waals surface area contributed by atoms with Crippen molar-refractivity contribution in [1.82, 2.24) is 0 Å². The molecule has 192 valence electrons. The van der Waals surface area contributed by atoms with E-state index in [0.29, 0.717) is 6.42 Å². The minimum Gasteiger partial charge on any atom is -0.381 e. The quantitative estimate of drug-likeness (QED) is 0.434. The molecule has 2 rings (SSSR count). The molecule has 0 amide bonds. The average Bonchev–Trinajstić information content (AvgIpc) is 2.80. The monoisotopic (exact) mass is 472 g/mol. The molecule has 1 unspecified atom stereocenters. The zero-order valence-corrected chi connectivity index (χ0v) is 21.6. The van der Waals surface area contributed by atoms with E-state index in [2.05, 4.69) is 13.8 Å². The largest absolute Gasteiger partial charge is 0.381 e. The zero-order chi connectivity index (χ0) is 24.8. The summed E-state index contributed by atoms with van der Waals surface area (Å²) in [5, 5.41) is 10.9. The van der Waals surface area contributed by atoms with Gasteiger partial charge in [-0.3, -0.25) is 0 Å². The van der Waals surface area contributed by atoms with Crippen LogP contribution in [0.1, 0.15) is 40.5 Å². The summed E-state index contributed by atoms with van der Waals surface area (Å²) in [6.45, 7) is 8.13. The van der Waals surface area contributed by atoms with E-state index in [9.17, 15) is 5.11 Å². The van der Waals surface area contributed by atoms with Crippen LogP contribution in [-0.2, 0) is 33.2 Å². The number of aliphatic hydroxyl groups is 1. The van der Waals surface area contributed by atoms with Gasteiger partial charge in [-0.1, -0.05) is 39.0 Å². The van der Waals surface area contributed by atoms with Crippen molar-refractivity contribution in [3.8, 4) is 0 Å². The third-order valence-corrected chi connectivity index (χ3v) is 7.19. The molecule has 0 saturated carbocycles. The van der Waals surface area contributed by atoms with Crippen molar-refractivity contribution in [2.24, 2.45) is 11.8 Å². The first kappa shape index (κ1) is 28.4. The number of ether oxygens (including phenoxy) is 7. The van der Waals surface area contributed by atoms with E-state index in [4.69, 9.17) is 33.2 Å². The highest BCUT2D eigenvalue weighted by Crippen LogP contribution is 2.42. The summed E-state index contributed by atoms with van der Waals surface area (Å²) in [5.74, 6) is -1.10. The van der Waals surface area contributed by atoms with Gasteiger partial charge in [0.2, 0.25) is 0 Å². The number of hydrogen-bond acceptors (Lipinski definition) is 8. The zero-order valence-electron chi connectivity index (χ0n) is 21.6. The first-order valence-electron chi connectivity index (χ1n) is 11.8. The second-order valence-electron chi connectivity index (χ2n) is 9.09. The Kier molecular flexibility index (Phi) is 11.0. The molecule has 2 saturated heterocycles. The highest BCUT2D eigenvalue weighted by Gasteiger charge is 2.50. The van der Waals surface area contributed by atoms with Crippen molar-refractivity contribution < 1.29 is 38.3 Å². The lowest BCUT2D eigenvalue weighted by molar-refractivity contribution is -0.351. The predicted octanol–water partition coefficient (Wildman–Crippen LogP) is 3.08. The van der Waals surface area contributed by atoms with Crippen molar-refractivity contribution in [3.63, 3.8) is 0 Å². The molecule has 8 heteroatoms. The summed E-state index contributed by atoms with van der Waals surface area (Å²) in [7, 11) is 8.16. The van der Waals surface area contributed by atoms with Gasteiger partial charge in [-0.05, 0) is 18.9 Å². The Morgan fingerprint density at radius 3 is 2.12 bits per heavy atom. The molecule has 1 N–H and O–H groups in total. The summed E-state index contributed by atoms with van der Waals surface area (Å²) >= 11 is 0. The van der Waals surface area contributed by atoms with E-state index in [1.807, 2.05) is 32.1 Å². The fourth-order valence-electron chi connectivity index (χ4n) is 4.88. The summed E-state index contributed by atoms with van der Waals surface area (Å²) in [5.41, 5.74) is 0.947. The average molecular weight is 473 g/mol. The van der Waals surface area contributed by atoms with E-state index in [0.717, 1.165) is 12.0 Å².